The Hall–Kier alpha value is -1.95. The van der Waals surface area contributed by atoms with Crippen LogP contribution >= 0.6 is 0 Å². The van der Waals surface area contributed by atoms with Gasteiger partial charge in [0.15, 0.2) is 0 Å². The van der Waals surface area contributed by atoms with Crippen LogP contribution in [0.5, 0.6) is 0 Å². The van der Waals surface area contributed by atoms with Gasteiger partial charge in [0.1, 0.15) is 5.56 Å². The highest BCUT2D eigenvalue weighted by Crippen LogP contribution is 2.21. The van der Waals surface area contributed by atoms with Crippen molar-refractivity contribution in [1.29, 1.82) is 0 Å². The van der Waals surface area contributed by atoms with E-state index in [-0.39, 0.29) is 23.8 Å². The van der Waals surface area contributed by atoms with E-state index in [9.17, 15) is 14.9 Å². The lowest BCUT2D eigenvalue weighted by Crippen LogP contribution is -2.30. The molecule has 1 rings (SSSR count). The minimum atomic E-state index is -0.542. The summed E-state index contributed by atoms with van der Waals surface area (Å²) >= 11 is 0. The van der Waals surface area contributed by atoms with Gasteiger partial charge >= 0.3 is 0 Å². The minimum absolute atomic E-state index is 0.0745. The molecule has 21 heavy (non-hydrogen) atoms. The van der Waals surface area contributed by atoms with Crippen LogP contribution in [0.25, 0.3) is 0 Å². The maximum atomic E-state index is 12.2. The van der Waals surface area contributed by atoms with Crippen LogP contribution in [0.2, 0.25) is 0 Å². The SMILES string of the molecule is CCCC(CCO)CNC(=O)c1c(C)cccc1[N+](=O)[O-]. The first-order valence-electron chi connectivity index (χ1n) is 7.14. The summed E-state index contributed by atoms with van der Waals surface area (Å²) < 4.78 is 0. The summed E-state index contributed by atoms with van der Waals surface area (Å²) in [5.41, 5.74) is 0.513. The number of carbonyl (C=O) groups excluding carboxylic acids is 1. The van der Waals surface area contributed by atoms with Crippen LogP contribution < -0.4 is 5.32 Å². The van der Waals surface area contributed by atoms with Crippen molar-refractivity contribution in [3.8, 4) is 0 Å². The summed E-state index contributed by atoms with van der Waals surface area (Å²) in [6, 6.07) is 4.58. The number of nitrogens with zero attached hydrogens (tertiary/aromatic N) is 1. The van der Waals surface area contributed by atoms with Crippen LogP contribution in [-0.4, -0.2) is 29.1 Å². The van der Waals surface area contributed by atoms with Gasteiger partial charge in [-0.25, -0.2) is 0 Å². The molecule has 2 N–H and O–H groups in total. The zero-order valence-corrected chi connectivity index (χ0v) is 12.5. The van der Waals surface area contributed by atoms with Crippen molar-refractivity contribution in [2.45, 2.75) is 33.1 Å². The molecule has 0 radical (unpaired) electrons. The third-order valence-electron chi connectivity index (χ3n) is 3.46. The molecule has 6 nitrogen and oxygen atoms in total. The van der Waals surface area contributed by atoms with Gasteiger partial charge in [-0.15, -0.1) is 0 Å². The molecule has 0 fully saturated rings. The Morgan fingerprint density at radius 1 is 1.43 bits per heavy atom. The first kappa shape index (κ1) is 17.1. The number of nitro groups is 1. The fourth-order valence-corrected chi connectivity index (χ4v) is 2.36. The molecular weight excluding hydrogens is 272 g/mol. The number of aliphatic hydroxyl groups excluding tert-OH is 1. The van der Waals surface area contributed by atoms with E-state index in [0.29, 0.717) is 18.5 Å². The Kier molecular flexibility index (Phi) is 6.81. The molecule has 6 heteroatoms. The van der Waals surface area contributed by atoms with E-state index in [4.69, 9.17) is 5.11 Å². The molecular formula is C15H22N2O4. The number of rotatable bonds is 8. The molecule has 1 amide bonds. The van der Waals surface area contributed by atoms with Crippen molar-refractivity contribution >= 4 is 11.6 Å². The molecule has 0 saturated heterocycles. The smallest absolute Gasteiger partial charge is 0.282 e. The number of amides is 1. The molecule has 1 aromatic rings. The van der Waals surface area contributed by atoms with Crippen molar-refractivity contribution in [2.24, 2.45) is 5.92 Å². The number of benzene rings is 1. The summed E-state index contributed by atoms with van der Waals surface area (Å²) in [5.74, 6) is -0.245. The average Bonchev–Trinajstić information content (AvgIpc) is 2.44. The number of aliphatic hydroxyl groups is 1. The third-order valence-corrected chi connectivity index (χ3v) is 3.46. The zero-order chi connectivity index (χ0) is 15.8. The Morgan fingerprint density at radius 2 is 2.14 bits per heavy atom. The lowest BCUT2D eigenvalue weighted by molar-refractivity contribution is -0.385. The zero-order valence-electron chi connectivity index (χ0n) is 12.5. The van der Waals surface area contributed by atoms with Gasteiger partial charge in [0, 0.05) is 19.2 Å². The fraction of sp³-hybridized carbons (Fsp3) is 0.533. The van der Waals surface area contributed by atoms with Gasteiger partial charge in [0.2, 0.25) is 0 Å². The van der Waals surface area contributed by atoms with E-state index in [2.05, 4.69) is 5.32 Å². The second-order valence-corrected chi connectivity index (χ2v) is 5.10. The van der Waals surface area contributed by atoms with Gasteiger partial charge in [-0.05, 0) is 31.2 Å². The van der Waals surface area contributed by atoms with Crippen LogP contribution in [0, 0.1) is 23.0 Å². The lowest BCUT2D eigenvalue weighted by atomic mass is 9.99. The van der Waals surface area contributed by atoms with Gasteiger partial charge in [-0.1, -0.05) is 25.5 Å². The maximum Gasteiger partial charge on any atom is 0.282 e. The first-order valence-corrected chi connectivity index (χ1v) is 7.14. The van der Waals surface area contributed by atoms with Gasteiger partial charge in [0.05, 0.1) is 4.92 Å². The average molecular weight is 294 g/mol. The second kappa shape index (κ2) is 8.36. The first-order chi connectivity index (χ1) is 10.0. The predicted octanol–water partition coefficient (Wildman–Crippen LogP) is 2.43. The summed E-state index contributed by atoms with van der Waals surface area (Å²) in [6.07, 6.45) is 2.48. The van der Waals surface area contributed by atoms with Crippen molar-refractivity contribution < 1.29 is 14.8 Å². The molecule has 0 spiro atoms. The topological polar surface area (TPSA) is 92.5 Å². The molecule has 0 aliphatic rings. The highest BCUT2D eigenvalue weighted by Gasteiger charge is 2.22. The van der Waals surface area contributed by atoms with Gasteiger partial charge in [-0.2, -0.15) is 0 Å². The molecule has 1 atom stereocenters. The van der Waals surface area contributed by atoms with E-state index in [1.54, 1.807) is 19.1 Å². The van der Waals surface area contributed by atoms with E-state index in [1.807, 2.05) is 6.92 Å². The minimum Gasteiger partial charge on any atom is -0.396 e. The van der Waals surface area contributed by atoms with Gasteiger partial charge < -0.3 is 10.4 Å². The number of nitro benzene ring substituents is 1. The second-order valence-electron chi connectivity index (χ2n) is 5.10. The van der Waals surface area contributed by atoms with E-state index in [1.165, 1.54) is 6.07 Å². The Balaban J connectivity index is 2.82. The fourth-order valence-electron chi connectivity index (χ4n) is 2.36. The third kappa shape index (κ3) is 4.82. The Morgan fingerprint density at radius 3 is 2.71 bits per heavy atom. The molecule has 0 aliphatic heterocycles. The molecule has 116 valence electrons. The number of hydrogen-bond acceptors (Lipinski definition) is 4. The van der Waals surface area contributed by atoms with Crippen LogP contribution in [0.15, 0.2) is 18.2 Å². The maximum absolute atomic E-state index is 12.2. The van der Waals surface area contributed by atoms with Crippen molar-refractivity contribution in [2.75, 3.05) is 13.2 Å². The molecule has 0 aliphatic carbocycles. The van der Waals surface area contributed by atoms with E-state index < -0.39 is 10.8 Å². The number of aryl methyl sites for hydroxylation is 1. The molecule has 0 heterocycles. The summed E-state index contributed by atoms with van der Waals surface area (Å²) in [6.45, 7) is 4.21. The van der Waals surface area contributed by atoms with Crippen LogP contribution in [0.1, 0.15) is 42.1 Å². The molecule has 1 unspecified atom stereocenters. The molecule has 0 aromatic heterocycles. The van der Waals surface area contributed by atoms with Crippen LogP contribution in [0.3, 0.4) is 0 Å². The summed E-state index contributed by atoms with van der Waals surface area (Å²) in [4.78, 5) is 22.7. The molecule has 1 aromatic carbocycles. The normalized spacial score (nSPS) is 12.0. The molecule has 0 saturated carbocycles. The van der Waals surface area contributed by atoms with Crippen molar-refractivity contribution in [1.82, 2.24) is 5.32 Å². The summed E-state index contributed by atoms with van der Waals surface area (Å²) in [7, 11) is 0. The van der Waals surface area contributed by atoms with Crippen LogP contribution in [0.4, 0.5) is 5.69 Å². The summed E-state index contributed by atoms with van der Waals surface area (Å²) in [5, 5.41) is 22.8. The highest BCUT2D eigenvalue weighted by atomic mass is 16.6. The highest BCUT2D eigenvalue weighted by molar-refractivity contribution is 5.99. The van der Waals surface area contributed by atoms with Crippen molar-refractivity contribution in [3.63, 3.8) is 0 Å². The van der Waals surface area contributed by atoms with E-state index in [0.717, 1.165) is 12.8 Å². The molecule has 0 bridgehead atoms. The largest absolute Gasteiger partial charge is 0.396 e. The van der Waals surface area contributed by atoms with Crippen molar-refractivity contribution in [3.05, 3.63) is 39.4 Å². The number of nitrogens with one attached hydrogen (secondary N) is 1. The van der Waals surface area contributed by atoms with Gasteiger partial charge in [0.25, 0.3) is 11.6 Å². The van der Waals surface area contributed by atoms with Crippen LogP contribution in [-0.2, 0) is 0 Å². The lowest BCUT2D eigenvalue weighted by Gasteiger charge is -2.16. The van der Waals surface area contributed by atoms with E-state index >= 15 is 0 Å². The Bertz CT molecular complexity index is 496. The monoisotopic (exact) mass is 294 g/mol. The standard InChI is InChI=1S/C15H22N2O4/c1-3-5-12(8-9-18)10-16-15(19)14-11(2)6-4-7-13(14)17(20)21/h4,6-7,12,18H,3,5,8-10H2,1-2H3,(H,16,19). The Labute approximate surface area is 124 Å². The predicted molar refractivity (Wildman–Crippen MR) is 80.3 cm³/mol. The number of carbonyl (C=O) groups is 1. The number of hydrogen-bond donors (Lipinski definition) is 2. The quantitative estimate of drug-likeness (QED) is 0.569. The van der Waals surface area contributed by atoms with Gasteiger partial charge in [-0.3, -0.25) is 14.9 Å².